The van der Waals surface area contributed by atoms with Gasteiger partial charge in [0.1, 0.15) is 12.4 Å². The standard InChI is InChI=1S/C32H39F2N7O/c1-4-22-7-5-8-23-9-6-10-27(29(22)23)40-16-12-25-26(18-40)37-31(42-21-32(13-14-32)20-39(2)3)38-30(25)35-17-24-11-15-36-41(24)19-28(33)34/h5-11,15,28H,4,12-14,16-21H2,1-3H3,(H,35,37,38). The number of hydrogen-bond acceptors (Lipinski definition) is 7. The average Bonchev–Trinajstić information content (AvgIpc) is 3.60. The summed E-state index contributed by atoms with van der Waals surface area (Å²) in [6.07, 6.45) is 3.05. The summed E-state index contributed by atoms with van der Waals surface area (Å²) in [5.41, 5.74) is 5.34. The zero-order valence-corrected chi connectivity index (χ0v) is 24.6. The van der Waals surface area contributed by atoms with Gasteiger partial charge in [0, 0.05) is 41.3 Å². The lowest BCUT2D eigenvalue weighted by Gasteiger charge is -2.32. The lowest BCUT2D eigenvalue weighted by molar-refractivity contribution is 0.120. The molecule has 4 aromatic rings. The molecule has 1 aliphatic carbocycles. The number of aryl methyl sites for hydroxylation is 1. The van der Waals surface area contributed by atoms with Crippen molar-refractivity contribution < 1.29 is 13.5 Å². The summed E-state index contributed by atoms with van der Waals surface area (Å²) in [6, 6.07) is 15.1. The van der Waals surface area contributed by atoms with Gasteiger partial charge < -0.3 is 19.9 Å². The molecular formula is C32H39F2N7O. The Morgan fingerprint density at radius 1 is 1.10 bits per heavy atom. The number of hydrogen-bond donors (Lipinski definition) is 1. The van der Waals surface area contributed by atoms with Crippen molar-refractivity contribution in [1.82, 2.24) is 24.6 Å². The number of benzene rings is 2. The van der Waals surface area contributed by atoms with Crippen LogP contribution >= 0.6 is 0 Å². The Kier molecular flexibility index (Phi) is 7.98. The van der Waals surface area contributed by atoms with Crippen LogP contribution in [0.25, 0.3) is 10.8 Å². The van der Waals surface area contributed by atoms with Gasteiger partial charge in [0.05, 0.1) is 31.1 Å². The Labute approximate surface area is 245 Å². The maximum atomic E-state index is 13.1. The highest BCUT2D eigenvalue weighted by Gasteiger charge is 2.44. The number of anilines is 2. The van der Waals surface area contributed by atoms with E-state index in [1.807, 2.05) is 0 Å². The van der Waals surface area contributed by atoms with Gasteiger partial charge >= 0.3 is 6.01 Å². The molecule has 1 N–H and O–H groups in total. The zero-order chi connectivity index (χ0) is 29.3. The molecule has 0 atom stereocenters. The van der Waals surface area contributed by atoms with Crippen LogP contribution in [-0.4, -0.2) is 64.9 Å². The Bertz CT molecular complexity index is 1540. The zero-order valence-electron chi connectivity index (χ0n) is 24.6. The fourth-order valence-corrected chi connectivity index (χ4v) is 6.17. The van der Waals surface area contributed by atoms with E-state index in [1.165, 1.54) is 26.7 Å². The average molecular weight is 576 g/mol. The van der Waals surface area contributed by atoms with Crippen molar-refractivity contribution in [2.75, 3.05) is 44.0 Å². The summed E-state index contributed by atoms with van der Waals surface area (Å²) in [5.74, 6) is 0.698. The van der Waals surface area contributed by atoms with Gasteiger partial charge in [-0.2, -0.15) is 15.1 Å². The second kappa shape index (κ2) is 11.8. The maximum absolute atomic E-state index is 13.1. The number of nitrogens with zero attached hydrogens (tertiary/aromatic N) is 6. The van der Waals surface area contributed by atoms with E-state index in [9.17, 15) is 8.78 Å². The summed E-state index contributed by atoms with van der Waals surface area (Å²) in [5, 5.41) is 10.0. The first-order chi connectivity index (χ1) is 20.3. The minimum Gasteiger partial charge on any atom is -0.463 e. The van der Waals surface area contributed by atoms with E-state index in [1.54, 1.807) is 12.3 Å². The molecule has 0 radical (unpaired) electrons. The predicted octanol–water partition coefficient (Wildman–Crippen LogP) is 5.55. The Morgan fingerprint density at radius 3 is 2.64 bits per heavy atom. The van der Waals surface area contributed by atoms with Gasteiger partial charge in [0.15, 0.2) is 0 Å². The van der Waals surface area contributed by atoms with Crippen molar-refractivity contribution in [3.8, 4) is 6.01 Å². The van der Waals surface area contributed by atoms with Crippen molar-refractivity contribution >= 4 is 22.3 Å². The SMILES string of the molecule is CCc1cccc2cccc(N3CCc4c(nc(OCC5(CN(C)C)CC5)nc4NCc4ccnn4CC(F)F)C3)c12. The lowest BCUT2D eigenvalue weighted by atomic mass is 9.98. The molecule has 42 heavy (non-hydrogen) atoms. The van der Waals surface area contributed by atoms with Crippen LogP contribution in [0.2, 0.25) is 0 Å². The van der Waals surface area contributed by atoms with Crippen LogP contribution < -0.4 is 15.0 Å². The molecule has 0 spiro atoms. The fraction of sp³-hybridized carbons (Fsp3) is 0.469. The van der Waals surface area contributed by atoms with Crippen molar-refractivity contribution in [3.05, 3.63) is 71.2 Å². The van der Waals surface area contributed by atoms with Crippen molar-refractivity contribution in [3.63, 3.8) is 0 Å². The van der Waals surface area contributed by atoms with Gasteiger partial charge in [-0.25, -0.2) is 8.78 Å². The molecule has 0 saturated heterocycles. The van der Waals surface area contributed by atoms with Crippen LogP contribution in [0.5, 0.6) is 6.01 Å². The molecule has 222 valence electrons. The third kappa shape index (κ3) is 6.04. The van der Waals surface area contributed by atoms with Crippen LogP contribution in [0.4, 0.5) is 20.3 Å². The summed E-state index contributed by atoms with van der Waals surface area (Å²) in [7, 11) is 4.17. The second-order valence-corrected chi connectivity index (χ2v) is 11.9. The molecule has 1 aliphatic heterocycles. The quantitative estimate of drug-likeness (QED) is 0.238. The molecule has 2 aliphatic rings. The summed E-state index contributed by atoms with van der Waals surface area (Å²) >= 11 is 0. The van der Waals surface area contributed by atoms with Crippen molar-refractivity contribution in [2.45, 2.75) is 58.7 Å². The fourth-order valence-electron chi connectivity index (χ4n) is 6.17. The van der Waals surface area contributed by atoms with E-state index in [4.69, 9.17) is 14.7 Å². The number of ether oxygens (including phenoxy) is 1. The van der Waals surface area contributed by atoms with Crippen LogP contribution in [0.3, 0.4) is 0 Å². The molecule has 1 fully saturated rings. The maximum Gasteiger partial charge on any atom is 0.318 e. The van der Waals surface area contributed by atoms with Crippen LogP contribution in [-0.2, 0) is 32.5 Å². The summed E-state index contributed by atoms with van der Waals surface area (Å²) in [6.45, 7) is 5.07. The number of rotatable bonds is 12. The molecule has 6 rings (SSSR count). The summed E-state index contributed by atoms with van der Waals surface area (Å²) < 4.78 is 33.8. The molecule has 0 amide bonds. The second-order valence-electron chi connectivity index (χ2n) is 11.9. The van der Waals surface area contributed by atoms with E-state index in [0.29, 0.717) is 37.2 Å². The van der Waals surface area contributed by atoms with Gasteiger partial charge in [-0.3, -0.25) is 4.68 Å². The topological polar surface area (TPSA) is 71.3 Å². The minimum absolute atomic E-state index is 0.143. The first-order valence-electron chi connectivity index (χ1n) is 14.8. The van der Waals surface area contributed by atoms with E-state index < -0.39 is 13.0 Å². The third-order valence-corrected chi connectivity index (χ3v) is 8.40. The third-order valence-electron chi connectivity index (χ3n) is 8.40. The normalized spacial score (nSPS) is 15.8. The number of nitrogens with one attached hydrogen (secondary N) is 1. The Morgan fingerprint density at radius 2 is 1.90 bits per heavy atom. The van der Waals surface area contributed by atoms with E-state index in [2.05, 4.69) is 77.6 Å². The molecule has 8 nitrogen and oxygen atoms in total. The van der Waals surface area contributed by atoms with Crippen LogP contribution in [0.15, 0.2) is 48.7 Å². The molecule has 2 aromatic carbocycles. The first kappa shape index (κ1) is 28.3. The first-order valence-corrected chi connectivity index (χ1v) is 14.8. The van der Waals surface area contributed by atoms with Crippen molar-refractivity contribution in [1.29, 1.82) is 0 Å². The lowest BCUT2D eigenvalue weighted by Crippen LogP contribution is -2.33. The number of aromatic nitrogens is 4. The molecule has 1 saturated carbocycles. The van der Waals surface area contributed by atoms with Gasteiger partial charge in [-0.1, -0.05) is 37.3 Å². The van der Waals surface area contributed by atoms with Crippen LogP contribution in [0.1, 0.15) is 42.3 Å². The van der Waals surface area contributed by atoms with E-state index in [0.717, 1.165) is 50.0 Å². The molecule has 0 unspecified atom stereocenters. The molecule has 2 aromatic heterocycles. The number of fused-ring (bicyclic) bond motifs is 2. The highest BCUT2D eigenvalue weighted by molar-refractivity contribution is 5.97. The number of halogens is 2. The molecule has 3 heterocycles. The van der Waals surface area contributed by atoms with Crippen molar-refractivity contribution in [2.24, 2.45) is 5.41 Å². The number of alkyl halides is 2. The highest BCUT2D eigenvalue weighted by Crippen LogP contribution is 2.46. The molecule has 0 bridgehead atoms. The minimum atomic E-state index is -2.47. The van der Waals surface area contributed by atoms with Gasteiger partial charge in [0.2, 0.25) is 0 Å². The van der Waals surface area contributed by atoms with Gasteiger partial charge in [-0.15, -0.1) is 0 Å². The smallest absolute Gasteiger partial charge is 0.318 e. The largest absolute Gasteiger partial charge is 0.463 e. The Hall–Kier alpha value is -3.79. The van der Waals surface area contributed by atoms with E-state index >= 15 is 0 Å². The monoisotopic (exact) mass is 575 g/mol. The van der Waals surface area contributed by atoms with Gasteiger partial charge in [-0.05, 0) is 62.9 Å². The van der Waals surface area contributed by atoms with Crippen LogP contribution in [0, 0.1) is 5.41 Å². The summed E-state index contributed by atoms with van der Waals surface area (Å²) in [4.78, 5) is 14.3. The Balaban J connectivity index is 1.30. The van der Waals surface area contributed by atoms with Gasteiger partial charge in [0.25, 0.3) is 6.43 Å². The molecular weight excluding hydrogens is 536 g/mol. The predicted molar refractivity (Wildman–Crippen MR) is 161 cm³/mol. The molecule has 10 heteroatoms. The highest BCUT2D eigenvalue weighted by atomic mass is 19.3. The van der Waals surface area contributed by atoms with E-state index in [-0.39, 0.29) is 5.41 Å².